The van der Waals surface area contributed by atoms with Gasteiger partial charge in [0.1, 0.15) is 5.75 Å². The Morgan fingerprint density at radius 3 is 2.52 bits per heavy atom. The molecule has 2 aromatic rings. The molecular formula is C22H22N2O5. The topological polar surface area (TPSA) is 84.9 Å². The number of nitrogens with one attached hydrogen (secondary N) is 1. The van der Waals surface area contributed by atoms with E-state index in [4.69, 9.17) is 9.47 Å². The molecule has 2 atom stereocenters. The lowest BCUT2D eigenvalue weighted by Gasteiger charge is -2.27. The highest BCUT2D eigenvalue weighted by atomic mass is 16.6. The third kappa shape index (κ3) is 4.23. The van der Waals surface area contributed by atoms with Crippen LogP contribution in [0.4, 0.5) is 5.69 Å². The van der Waals surface area contributed by atoms with E-state index in [-0.39, 0.29) is 12.3 Å². The minimum Gasteiger partial charge on any atom is -0.478 e. The number of amides is 2. The van der Waals surface area contributed by atoms with Gasteiger partial charge in [0.05, 0.1) is 12.1 Å². The summed E-state index contributed by atoms with van der Waals surface area (Å²) in [6.45, 7) is 1.31. The van der Waals surface area contributed by atoms with Gasteiger partial charge in [-0.15, -0.1) is 0 Å². The van der Waals surface area contributed by atoms with Crippen molar-refractivity contribution >= 4 is 23.5 Å². The van der Waals surface area contributed by atoms with Crippen LogP contribution in [0.15, 0.2) is 54.6 Å². The molecule has 7 nitrogen and oxygen atoms in total. The summed E-state index contributed by atoms with van der Waals surface area (Å²) in [4.78, 5) is 39.5. The Morgan fingerprint density at radius 2 is 1.76 bits per heavy atom. The third-order valence-corrected chi connectivity index (χ3v) is 5.05. The van der Waals surface area contributed by atoms with Gasteiger partial charge in [0.2, 0.25) is 6.10 Å². The Morgan fingerprint density at radius 1 is 1.07 bits per heavy atom. The number of rotatable bonds is 5. The van der Waals surface area contributed by atoms with Gasteiger partial charge in [-0.05, 0) is 25.0 Å². The van der Waals surface area contributed by atoms with Crippen molar-refractivity contribution in [2.45, 2.75) is 31.5 Å². The molecule has 0 aliphatic carbocycles. The van der Waals surface area contributed by atoms with E-state index in [2.05, 4.69) is 5.32 Å². The molecule has 29 heavy (non-hydrogen) atoms. The molecule has 2 aliphatic rings. The lowest BCUT2D eigenvalue weighted by Crippen LogP contribution is -2.40. The molecule has 2 amide bonds. The summed E-state index contributed by atoms with van der Waals surface area (Å²) in [6.07, 6.45) is -0.430. The number of para-hydroxylation sites is 2. The van der Waals surface area contributed by atoms with Crippen LogP contribution in [0.1, 0.15) is 30.9 Å². The first-order chi connectivity index (χ1) is 14.1. The van der Waals surface area contributed by atoms with Crippen LogP contribution in [0.25, 0.3) is 0 Å². The number of carbonyl (C=O) groups is 3. The first kappa shape index (κ1) is 19.0. The van der Waals surface area contributed by atoms with E-state index in [1.165, 1.54) is 0 Å². The zero-order valence-corrected chi connectivity index (χ0v) is 15.9. The molecule has 1 N–H and O–H groups in total. The van der Waals surface area contributed by atoms with Crippen LogP contribution < -0.4 is 10.1 Å². The minimum atomic E-state index is -1.03. The van der Waals surface area contributed by atoms with Crippen molar-refractivity contribution in [2.24, 2.45) is 0 Å². The van der Waals surface area contributed by atoms with E-state index in [0.29, 0.717) is 30.1 Å². The Bertz CT molecular complexity index is 908. The van der Waals surface area contributed by atoms with Gasteiger partial charge in [-0.25, -0.2) is 0 Å². The minimum absolute atomic E-state index is 0.235. The van der Waals surface area contributed by atoms with Crippen molar-refractivity contribution in [3.05, 3.63) is 60.2 Å². The normalized spacial score (nSPS) is 19.0. The van der Waals surface area contributed by atoms with Crippen molar-refractivity contribution < 1.29 is 23.9 Å². The van der Waals surface area contributed by atoms with Gasteiger partial charge in [-0.1, -0.05) is 42.5 Å². The van der Waals surface area contributed by atoms with Gasteiger partial charge in [0, 0.05) is 18.7 Å². The highest BCUT2D eigenvalue weighted by molar-refractivity contribution is 5.99. The summed E-state index contributed by atoms with van der Waals surface area (Å²) < 4.78 is 11.2. The second kappa shape index (κ2) is 8.34. The molecule has 1 fully saturated rings. The zero-order chi connectivity index (χ0) is 20.2. The molecule has 1 saturated heterocycles. The maximum absolute atomic E-state index is 12.9. The lowest BCUT2D eigenvalue weighted by molar-refractivity contribution is -0.162. The summed E-state index contributed by atoms with van der Waals surface area (Å²) in [7, 11) is 0. The van der Waals surface area contributed by atoms with Crippen LogP contribution in [-0.4, -0.2) is 41.9 Å². The fourth-order valence-electron chi connectivity index (χ4n) is 3.55. The van der Waals surface area contributed by atoms with Crippen LogP contribution in [0, 0.1) is 0 Å². The van der Waals surface area contributed by atoms with Crippen LogP contribution in [0.2, 0.25) is 0 Å². The summed E-state index contributed by atoms with van der Waals surface area (Å²) in [6, 6.07) is 15.9. The van der Waals surface area contributed by atoms with Gasteiger partial charge in [0.15, 0.2) is 6.10 Å². The van der Waals surface area contributed by atoms with E-state index >= 15 is 0 Å². The number of likely N-dealkylation sites (tertiary alicyclic amines) is 1. The number of hydrogen-bond donors (Lipinski definition) is 1. The number of benzene rings is 2. The number of ether oxygens (including phenoxy) is 2. The average Bonchev–Trinajstić information content (AvgIpc) is 3.28. The van der Waals surface area contributed by atoms with Crippen molar-refractivity contribution in [3.8, 4) is 5.75 Å². The van der Waals surface area contributed by atoms with Crippen molar-refractivity contribution in [3.63, 3.8) is 0 Å². The van der Waals surface area contributed by atoms with Gasteiger partial charge >= 0.3 is 5.97 Å². The van der Waals surface area contributed by atoms with E-state index in [1.807, 2.05) is 6.07 Å². The number of hydrogen-bond acceptors (Lipinski definition) is 5. The van der Waals surface area contributed by atoms with Gasteiger partial charge in [0.25, 0.3) is 11.8 Å². The fraction of sp³-hybridized carbons (Fsp3) is 0.318. The highest BCUT2D eigenvalue weighted by Crippen LogP contribution is 2.30. The number of anilines is 1. The number of carbonyl (C=O) groups excluding carboxylic acids is 3. The number of nitrogens with zero attached hydrogens (tertiary/aromatic N) is 1. The summed E-state index contributed by atoms with van der Waals surface area (Å²) in [5.74, 6) is -0.812. The van der Waals surface area contributed by atoms with E-state index in [1.54, 1.807) is 53.4 Å². The van der Waals surface area contributed by atoms with Crippen LogP contribution >= 0.6 is 0 Å². The maximum atomic E-state index is 12.9. The second-order valence-corrected chi connectivity index (χ2v) is 7.11. The zero-order valence-electron chi connectivity index (χ0n) is 15.9. The molecule has 2 aliphatic heterocycles. The SMILES string of the molecule is O=C(C[C@@H]1Oc2ccccc2NC1=O)O[C@H](C(=O)N1CCCC1)c1ccccc1. The highest BCUT2D eigenvalue weighted by Gasteiger charge is 2.34. The number of fused-ring (bicyclic) bond motifs is 1. The van der Waals surface area contributed by atoms with E-state index < -0.39 is 24.1 Å². The molecule has 0 unspecified atom stereocenters. The Hall–Kier alpha value is -3.35. The molecule has 0 radical (unpaired) electrons. The van der Waals surface area contributed by atoms with E-state index in [9.17, 15) is 14.4 Å². The van der Waals surface area contributed by atoms with Gasteiger partial charge < -0.3 is 19.7 Å². The fourth-order valence-corrected chi connectivity index (χ4v) is 3.55. The monoisotopic (exact) mass is 394 g/mol. The van der Waals surface area contributed by atoms with Gasteiger partial charge in [-0.2, -0.15) is 0 Å². The summed E-state index contributed by atoms with van der Waals surface area (Å²) in [5.41, 5.74) is 1.17. The molecule has 0 bridgehead atoms. The molecule has 0 saturated carbocycles. The summed E-state index contributed by atoms with van der Waals surface area (Å²) in [5, 5.41) is 2.72. The van der Waals surface area contributed by atoms with Crippen molar-refractivity contribution in [1.82, 2.24) is 4.90 Å². The molecule has 2 heterocycles. The largest absolute Gasteiger partial charge is 0.478 e. The quantitative estimate of drug-likeness (QED) is 0.788. The standard InChI is InChI=1S/C22H22N2O5/c25-19(14-18-21(26)23-16-10-4-5-11-17(16)28-18)29-20(15-8-2-1-3-9-15)22(27)24-12-6-7-13-24/h1-5,8-11,18,20H,6-7,12-14H2,(H,23,26)/t18-,20-/m0/s1. The maximum Gasteiger partial charge on any atom is 0.311 e. The predicted octanol–water partition coefficient (Wildman–Crippen LogP) is 2.68. The third-order valence-electron chi connectivity index (χ3n) is 5.05. The molecule has 2 aromatic carbocycles. The smallest absolute Gasteiger partial charge is 0.311 e. The molecular weight excluding hydrogens is 372 g/mol. The van der Waals surface area contributed by atoms with Crippen LogP contribution in [0.5, 0.6) is 5.75 Å². The molecule has 0 aromatic heterocycles. The Kier molecular flexibility index (Phi) is 5.46. The number of esters is 1. The summed E-state index contributed by atoms with van der Waals surface area (Å²) >= 11 is 0. The van der Waals surface area contributed by atoms with Gasteiger partial charge in [-0.3, -0.25) is 14.4 Å². The predicted molar refractivity (Wildman–Crippen MR) is 105 cm³/mol. The molecule has 0 spiro atoms. The van der Waals surface area contributed by atoms with Crippen molar-refractivity contribution in [1.29, 1.82) is 0 Å². The Balaban J connectivity index is 1.47. The van der Waals surface area contributed by atoms with E-state index in [0.717, 1.165) is 12.8 Å². The molecule has 4 rings (SSSR count). The first-order valence-corrected chi connectivity index (χ1v) is 9.71. The van der Waals surface area contributed by atoms with Crippen LogP contribution in [0.3, 0.4) is 0 Å². The molecule has 150 valence electrons. The average molecular weight is 394 g/mol. The second-order valence-electron chi connectivity index (χ2n) is 7.11. The lowest BCUT2D eigenvalue weighted by atomic mass is 10.1. The molecule has 7 heteroatoms. The first-order valence-electron chi connectivity index (χ1n) is 9.71. The Labute approximate surface area is 168 Å². The van der Waals surface area contributed by atoms with Crippen LogP contribution in [-0.2, 0) is 19.1 Å². The van der Waals surface area contributed by atoms with Crippen molar-refractivity contribution in [2.75, 3.05) is 18.4 Å².